The molecule has 0 radical (unpaired) electrons. The molecule has 0 saturated carbocycles. The molecule has 1 aliphatic heterocycles. The minimum atomic E-state index is 0.654. The molecule has 0 aliphatic carbocycles. The van der Waals surface area contributed by atoms with Gasteiger partial charge in [0.05, 0.1) is 6.61 Å². The number of fused-ring (bicyclic) bond motifs is 1. The maximum absolute atomic E-state index is 5.04. The predicted octanol–water partition coefficient (Wildman–Crippen LogP) is 2.20. The highest BCUT2D eigenvalue weighted by atomic mass is 32.2. The van der Waals surface area contributed by atoms with E-state index in [-0.39, 0.29) is 0 Å². The van der Waals surface area contributed by atoms with Crippen LogP contribution in [0.3, 0.4) is 0 Å². The highest BCUT2D eigenvalue weighted by Crippen LogP contribution is 2.29. The van der Waals surface area contributed by atoms with Crippen LogP contribution in [0.25, 0.3) is 0 Å². The van der Waals surface area contributed by atoms with Crippen molar-refractivity contribution < 1.29 is 4.74 Å². The molecule has 108 valence electrons. The number of rotatable bonds is 5. The summed E-state index contributed by atoms with van der Waals surface area (Å²) in [5.41, 5.74) is 0. The summed E-state index contributed by atoms with van der Waals surface area (Å²) in [6.45, 7) is 1.67. The van der Waals surface area contributed by atoms with Crippen LogP contribution in [0.1, 0.15) is 30.9 Å². The molecule has 3 heterocycles. The average Bonchev–Trinajstić information content (AvgIpc) is 2.98. The monoisotopic (exact) mass is 311 g/mol. The van der Waals surface area contributed by atoms with Gasteiger partial charge in [-0.1, -0.05) is 6.42 Å². The molecule has 0 amide bonds. The molecule has 0 saturated heterocycles. The molecular weight excluding hydrogens is 294 g/mol. The van der Waals surface area contributed by atoms with Crippen LogP contribution in [0.2, 0.25) is 0 Å². The Morgan fingerprint density at radius 1 is 1.30 bits per heavy atom. The van der Waals surface area contributed by atoms with Gasteiger partial charge in [0.15, 0.2) is 9.50 Å². The first-order valence-electron chi connectivity index (χ1n) is 6.78. The standard InChI is InChI=1S/C12H17N5OS2/c1-18-8-6-9-13-12(20-16-9)19-11-15-14-10-5-3-2-4-7-17(10)11/h2-8H2,1H3. The lowest BCUT2D eigenvalue weighted by atomic mass is 10.2. The molecule has 6 nitrogen and oxygen atoms in total. The van der Waals surface area contributed by atoms with Crippen molar-refractivity contribution in [2.75, 3.05) is 13.7 Å². The van der Waals surface area contributed by atoms with E-state index < -0.39 is 0 Å². The van der Waals surface area contributed by atoms with Crippen molar-refractivity contribution in [3.05, 3.63) is 11.6 Å². The van der Waals surface area contributed by atoms with Gasteiger partial charge in [-0.25, -0.2) is 4.98 Å². The molecule has 2 aromatic heterocycles. The minimum absolute atomic E-state index is 0.654. The van der Waals surface area contributed by atoms with E-state index in [9.17, 15) is 0 Å². The Kier molecular flexibility index (Phi) is 4.64. The van der Waals surface area contributed by atoms with E-state index in [0.29, 0.717) is 6.61 Å². The van der Waals surface area contributed by atoms with Crippen LogP contribution in [0.15, 0.2) is 9.50 Å². The van der Waals surface area contributed by atoms with Crippen LogP contribution in [0, 0.1) is 0 Å². The first kappa shape index (κ1) is 14.0. The van der Waals surface area contributed by atoms with E-state index in [1.165, 1.54) is 30.8 Å². The summed E-state index contributed by atoms with van der Waals surface area (Å²) in [5.74, 6) is 1.95. The van der Waals surface area contributed by atoms with Gasteiger partial charge in [0.25, 0.3) is 0 Å². The zero-order valence-corrected chi connectivity index (χ0v) is 13.0. The van der Waals surface area contributed by atoms with Crippen LogP contribution in [0.4, 0.5) is 0 Å². The first-order chi connectivity index (χ1) is 9.86. The van der Waals surface area contributed by atoms with Gasteiger partial charge in [-0.3, -0.25) is 0 Å². The Morgan fingerprint density at radius 3 is 3.15 bits per heavy atom. The molecule has 8 heteroatoms. The number of aromatic nitrogens is 5. The summed E-state index contributed by atoms with van der Waals surface area (Å²) >= 11 is 2.99. The van der Waals surface area contributed by atoms with Gasteiger partial charge in [-0.15, -0.1) is 10.2 Å². The highest BCUT2D eigenvalue weighted by Gasteiger charge is 2.17. The van der Waals surface area contributed by atoms with Gasteiger partial charge in [0.1, 0.15) is 11.6 Å². The van der Waals surface area contributed by atoms with Gasteiger partial charge in [0.2, 0.25) is 0 Å². The van der Waals surface area contributed by atoms with E-state index >= 15 is 0 Å². The lowest BCUT2D eigenvalue weighted by molar-refractivity contribution is 0.200. The normalized spacial score (nSPS) is 15.1. The third kappa shape index (κ3) is 3.18. The third-order valence-corrected chi connectivity index (χ3v) is 5.01. The lowest BCUT2D eigenvalue weighted by Crippen LogP contribution is -2.02. The number of nitrogens with zero attached hydrogens (tertiary/aromatic N) is 5. The van der Waals surface area contributed by atoms with Crippen LogP contribution >= 0.6 is 23.3 Å². The van der Waals surface area contributed by atoms with Crippen LogP contribution in [-0.2, 0) is 24.1 Å². The second-order valence-corrected chi connectivity index (χ2v) is 6.65. The predicted molar refractivity (Wildman–Crippen MR) is 77.2 cm³/mol. The van der Waals surface area contributed by atoms with E-state index in [1.807, 2.05) is 0 Å². The quantitative estimate of drug-likeness (QED) is 0.843. The molecule has 0 fully saturated rings. The summed E-state index contributed by atoms with van der Waals surface area (Å²) in [6, 6.07) is 0. The van der Waals surface area contributed by atoms with E-state index in [4.69, 9.17) is 4.74 Å². The molecule has 0 spiro atoms. The fourth-order valence-corrected chi connectivity index (χ4v) is 3.83. The number of ether oxygens (including phenoxy) is 1. The summed E-state index contributed by atoms with van der Waals surface area (Å²) in [6.07, 6.45) is 5.47. The zero-order chi connectivity index (χ0) is 13.8. The number of methoxy groups -OCH3 is 1. The summed E-state index contributed by atoms with van der Waals surface area (Å²) in [4.78, 5) is 4.50. The molecule has 20 heavy (non-hydrogen) atoms. The van der Waals surface area contributed by atoms with Gasteiger partial charge in [0, 0.05) is 26.5 Å². The van der Waals surface area contributed by atoms with E-state index in [2.05, 4.69) is 24.1 Å². The summed E-state index contributed by atoms with van der Waals surface area (Å²) in [7, 11) is 1.69. The summed E-state index contributed by atoms with van der Waals surface area (Å²) in [5, 5.41) is 9.54. The topological polar surface area (TPSA) is 65.7 Å². The second kappa shape index (κ2) is 6.64. The van der Waals surface area contributed by atoms with Gasteiger partial charge in [-0.2, -0.15) is 4.37 Å². The largest absolute Gasteiger partial charge is 0.384 e. The number of hydrogen-bond donors (Lipinski definition) is 0. The van der Waals surface area contributed by atoms with Crippen molar-refractivity contribution in [3.63, 3.8) is 0 Å². The molecular formula is C12H17N5OS2. The van der Waals surface area contributed by atoms with Crippen molar-refractivity contribution >= 4 is 23.3 Å². The highest BCUT2D eigenvalue weighted by molar-refractivity contribution is 8.00. The average molecular weight is 311 g/mol. The second-order valence-electron chi connectivity index (χ2n) is 4.68. The Labute approximate surface area is 126 Å². The van der Waals surface area contributed by atoms with Crippen LogP contribution < -0.4 is 0 Å². The fraction of sp³-hybridized carbons (Fsp3) is 0.667. The zero-order valence-electron chi connectivity index (χ0n) is 11.4. The molecule has 0 N–H and O–H groups in total. The van der Waals surface area contributed by atoms with Crippen LogP contribution in [0.5, 0.6) is 0 Å². The Bertz CT molecular complexity index is 568. The smallest absolute Gasteiger partial charge is 0.198 e. The SMILES string of the molecule is COCCc1nsc(Sc2nnc3n2CCCCC3)n1. The van der Waals surface area contributed by atoms with Gasteiger partial charge >= 0.3 is 0 Å². The van der Waals surface area contributed by atoms with Crippen molar-refractivity contribution in [2.45, 2.75) is 48.1 Å². The van der Waals surface area contributed by atoms with Gasteiger partial charge in [-0.05, 0) is 36.1 Å². The Balaban J connectivity index is 1.71. The molecule has 0 atom stereocenters. The minimum Gasteiger partial charge on any atom is -0.384 e. The van der Waals surface area contributed by atoms with Crippen molar-refractivity contribution in [1.29, 1.82) is 0 Å². The van der Waals surface area contributed by atoms with Crippen LogP contribution in [-0.4, -0.2) is 37.8 Å². The molecule has 0 unspecified atom stereocenters. The molecule has 1 aliphatic rings. The maximum atomic E-state index is 5.04. The molecule has 2 aromatic rings. The third-order valence-electron chi connectivity index (χ3n) is 3.23. The molecule has 0 bridgehead atoms. The van der Waals surface area contributed by atoms with Crippen molar-refractivity contribution in [1.82, 2.24) is 24.1 Å². The first-order valence-corrected chi connectivity index (χ1v) is 8.37. The van der Waals surface area contributed by atoms with E-state index in [1.54, 1.807) is 18.9 Å². The molecule has 0 aromatic carbocycles. The Hall–Kier alpha value is -0.990. The number of hydrogen-bond acceptors (Lipinski definition) is 7. The fourth-order valence-electron chi connectivity index (χ4n) is 2.19. The summed E-state index contributed by atoms with van der Waals surface area (Å²) < 4.78 is 12.5. The van der Waals surface area contributed by atoms with Gasteiger partial charge < -0.3 is 9.30 Å². The van der Waals surface area contributed by atoms with Crippen molar-refractivity contribution in [2.24, 2.45) is 0 Å². The van der Waals surface area contributed by atoms with E-state index in [0.717, 1.165) is 40.5 Å². The Morgan fingerprint density at radius 2 is 2.25 bits per heavy atom. The van der Waals surface area contributed by atoms with Crippen molar-refractivity contribution in [3.8, 4) is 0 Å². The number of aryl methyl sites for hydroxylation is 1. The molecule has 3 rings (SSSR count). The maximum Gasteiger partial charge on any atom is 0.198 e. The lowest BCUT2D eigenvalue weighted by Gasteiger charge is -2.04.